The maximum atomic E-state index is 9.18. The highest BCUT2D eigenvalue weighted by Gasteiger charge is 2.40. The SMILES string of the molecule is OC[C@H]1NC(O)[C@H](O)[C@@H](O)[C@@H]1O. The number of aliphatic hydroxyl groups excluding tert-OH is 5. The minimum Gasteiger partial charge on any atom is -0.395 e. The second kappa shape index (κ2) is 3.65. The lowest BCUT2D eigenvalue weighted by molar-refractivity contribution is -0.161. The van der Waals surface area contributed by atoms with Crippen LogP contribution >= 0.6 is 0 Å². The molecular formula is C6H13NO5. The number of piperidine rings is 1. The summed E-state index contributed by atoms with van der Waals surface area (Å²) in [7, 11) is 0. The third-order valence-corrected chi connectivity index (χ3v) is 2.02. The van der Waals surface area contributed by atoms with Crippen molar-refractivity contribution in [3.8, 4) is 0 Å². The summed E-state index contributed by atoms with van der Waals surface area (Å²) in [5, 5.41) is 47.3. The number of rotatable bonds is 1. The fourth-order valence-corrected chi connectivity index (χ4v) is 1.20. The Morgan fingerprint density at radius 2 is 1.50 bits per heavy atom. The van der Waals surface area contributed by atoms with Crippen LogP contribution in [-0.2, 0) is 0 Å². The molecule has 0 aromatic heterocycles. The van der Waals surface area contributed by atoms with E-state index in [2.05, 4.69) is 5.32 Å². The smallest absolute Gasteiger partial charge is 0.134 e. The predicted molar refractivity (Wildman–Crippen MR) is 38.0 cm³/mol. The van der Waals surface area contributed by atoms with E-state index in [4.69, 9.17) is 20.4 Å². The van der Waals surface area contributed by atoms with E-state index in [1.165, 1.54) is 0 Å². The Hall–Kier alpha value is -0.240. The van der Waals surface area contributed by atoms with Crippen LogP contribution in [0.15, 0.2) is 0 Å². The minimum absolute atomic E-state index is 0.415. The van der Waals surface area contributed by atoms with E-state index in [1.54, 1.807) is 0 Å². The fraction of sp³-hybridized carbons (Fsp3) is 1.00. The van der Waals surface area contributed by atoms with E-state index >= 15 is 0 Å². The van der Waals surface area contributed by atoms with Crippen LogP contribution in [0.25, 0.3) is 0 Å². The van der Waals surface area contributed by atoms with Crippen LogP contribution in [0.2, 0.25) is 0 Å². The molecule has 0 aliphatic carbocycles. The molecule has 12 heavy (non-hydrogen) atoms. The summed E-state index contributed by atoms with van der Waals surface area (Å²) in [5.41, 5.74) is 0. The van der Waals surface area contributed by atoms with Crippen molar-refractivity contribution in [3.63, 3.8) is 0 Å². The average Bonchev–Trinajstić information content (AvgIpc) is 2.08. The van der Waals surface area contributed by atoms with E-state index < -0.39 is 37.2 Å². The van der Waals surface area contributed by atoms with Gasteiger partial charge in [0, 0.05) is 0 Å². The van der Waals surface area contributed by atoms with Gasteiger partial charge in [0.25, 0.3) is 0 Å². The van der Waals surface area contributed by atoms with Crippen LogP contribution in [0, 0.1) is 0 Å². The molecule has 1 rings (SSSR count). The highest BCUT2D eigenvalue weighted by molar-refractivity contribution is 4.93. The first-order valence-electron chi connectivity index (χ1n) is 3.67. The highest BCUT2D eigenvalue weighted by atomic mass is 16.4. The van der Waals surface area contributed by atoms with E-state index in [-0.39, 0.29) is 0 Å². The summed E-state index contributed by atoms with van der Waals surface area (Å²) in [5.74, 6) is 0. The Labute approximate surface area is 69.1 Å². The first-order valence-corrected chi connectivity index (χ1v) is 3.67. The molecule has 72 valence electrons. The maximum absolute atomic E-state index is 9.18. The molecule has 0 aromatic carbocycles. The molecule has 0 bridgehead atoms. The Balaban J connectivity index is 2.63. The van der Waals surface area contributed by atoms with Crippen molar-refractivity contribution < 1.29 is 25.5 Å². The van der Waals surface area contributed by atoms with E-state index in [9.17, 15) is 5.11 Å². The van der Waals surface area contributed by atoms with Gasteiger partial charge in [0.05, 0.1) is 12.6 Å². The molecule has 1 aliphatic heterocycles. The number of nitrogens with one attached hydrogen (secondary N) is 1. The Morgan fingerprint density at radius 1 is 0.917 bits per heavy atom. The predicted octanol–water partition coefficient (Wildman–Crippen LogP) is -3.65. The first kappa shape index (κ1) is 9.85. The number of hydrogen-bond acceptors (Lipinski definition) is 6. The Kier molecular flexibility index (Phi) is 2.99. The fourth-order valence-electron chi connectivity index (χ4n) is 1.20. The van der Waals surface area contributed by atoms with Crippen molar-refractivity contribution in [2.75, 3.05) is 6.61 Å². The van der Waals surface area contributed by atoms with Gasteiger partial charge in [0.15, 0.2) is 0 Å². The lowest BCUT2D eigenvalue weighted by Gasteiger charge is -2.38. The number of aliphatic hydroxyl groups is 5. The van der Waals surface area contributed by atoms with E-state index in [1.807, 2.05) is 0 Å². The molecule has 1 fully saturated rings. The van der Waals surface area contributed by atoms with Crippen molar-refractivity contribution in [1.82, 2.24) is 5.32 Å². The van der Waals surface area contributed by atoms with Crippen LogP contribution in [0.4, 0.5) is 0 Å². The van der Waals surface area contributed by atoms with Crippen LogP contribution in [-0.4, -0.2) is 62.7 Å². The van der Waals surface area contributed by atoms with Crippen molar-refractivity contribution in [2.45, 2.75) is 30.6 Å². The van der Waals surface area contributed by atoms with Gasteiger partial charge in [-0.25, -0.2) is 0 Å². The third-order valence-electron chi connectivity index (χ3n) is 2.02. The molecule has 5 atom stereocenters. The van der Waals surface area contributed by atoms with Gasteiger partial charge < -0.3 is 25.5 Å². The number of hydrogen-bond donors (Lipinski definition) is 6. The summed E-state index contributed by atoms with van der Waals surface area (Å²) < 4.78 is 0. The van der Waals surface area contributed by atoms with Crippen LogP contribution < -0.4 is 5.32 Å². The lowest BCUT2D eigenvalue weighted by Crippen LogP contribution is -2.65. The van der Waals surface area contributed by atoms with Gasteiger partial charge >= 0.3 is 0 Å². The molecule has 1 unspecified atom stereocenters. The Bertz CT molecular complexity index is 150. The molecule has 1 saturated heterocycles. The van der Waals surface area contributed by atoms with Crippen LogP contribution in [0.1, 0.15) is 0 Å². The van der Waals surface area contributed by atoms with Gasteiger partial charge in [0.2, 0.25) is 0 Å². The van der Waals surface area contributed by atoms with Crippen LogP contribution in [0.3, 0.4) is 0 Å². The molecule has 1 heterocycles. The summed E-state index contributed by atoms with van der Waals surface area (Å²) in [6, 6.07) is -0.807. The monoisotopic (exact) mass is 179 g/mol. The van der Waals surface area contributed by atoms with Gasteiger partial charge in [-0.05, 0) is 0 Å². The molecule has 6 heteroatoms. The molecule has 0 aromatic rings. The lowest BCUT2D eigenvalue weighted by atomic mass is 9.95. The third kappa shape index (κ3) is 1.58. The first-order chi connectivity index (χ1) is 5.57. The van der Waals surface area contributed by atoms with Crippen LogP contribution in [0.5, 0.6) is 0 Å². The molecule has 0 saturated carbocycles. The summed E-state index contributed by atoms with van der Waals surface area (Å²) in [6.07, 6.45) is -5.45. The second-order valence-electron chi connectivity index (χ2n) is 2.87. The summed E-state index contributed by atoms with van der Waals surface area (Å²) in [4.78, 5) is 0. The summed E-state index contributed by atoms with van der Waals surface area (Å²) >= 11 is 0. The van der Waals surface area contributed by atoms with Gasteiger partial charge in [-0.2, -0.15) is 0 Å². The van der Waals surface area contributed by atoms with Crippen molar-refractivity contribution in [2.24, 2.45) is 0 Å². The molecule has 1 aliphatic rings. The molecule has 0 spiro atoms. The molecule has 0 amide bonds. The van der Waals surface area contributed by atoms with E-state index in [0.29, 0.717) is 0 Å². The quantitative estimate of drug-likeness (QED) is 0.247. The van der Waals surface area contributed by atoms with Crippen molar-refractivity contribution in [1.29, 1.82) is 0 Å². The van der Waals surface area contributed by atoms with Crippen molar-refractivity contribution in [3.05, 3.63) is 0 Å². The highest BCUT2D eigenvalue weighted by Crippen LogP contribution is 2.13. The second-order valence-corrected chi connectivity index (χ2v) is 2.87. The van der Waals surface area contributed by atoms with Gasteiger partial charge in [-0.15, -0.1) is 0 Å². The van der Waals surface area contributed by atoms with Gasteiger partial charge in [0.1, 0.15) is 24.5 Å². The minimum atomic E-state index is -1.43. The zero-order valence-electron chi connectivity index (χ0n) is 6.33. The van der Waals surface area contributed by atoms with Gasteiger partial charge in [-0.1, -0.05) is 0 Å². The van der Waals surface area contributed by atoms with Crippen molar-refractivity contribution >= 4 is 0 Å². The Morgan fingerprint density at radius 3 is 2.00 bits per heavy atom. The van der Waals surface area contributed by atoms with E-state index in [0.717, 1.165) is 0 Å². The molecular weight excluding hydrogens is 166 g/mol. The topological polar surface area (TPSA) is 113 Å². The molecule has 6 nitrogen and oxygen atoms in total. The summed E-state index contributed by atoms with van der Waals surface area (Å²) in [6.45, 7) is -0.415. The van der Waals surface area contributed by atoms with Gasteiger partial charge in [-0.3, -0.25) is 5.32 Å². The molecule has 0 radical (unpaired) electrons. The standard InChI is InChI=1S/C6H13NO5/c8-1-2-3(9)4(10)5(11)6(12)7-2/h2-12H,1H2/t2-,3-,4+,5-,6?/m1/s1. The largest absolute Gasteiger partial charge is 0.395 e. The normalized spacial score (nSPS) is 49.2. The maximum Gasteiger partial charge on any atom is 0.134 e. The average molecular weight is 179 g/mol. The zero-order chi connectivity index (χ0) is 9.30. The zero-order valence-corrected chi connectivity index (χ0v) is 6.33. The molecule has 6 N–H and O–H groups in total.